The second kappa shape index (κ2) is 12.4. The van der Waals surface area contributed by atoms with Gasteiger partial charge in [0.05, 0.1) is 17.5 Å². The van der Waals surface area contributed by atoms with Gasteiger partial charge in [-0.1, -0.05) is 30.3 Å². The summed E-state index contributed by atoms with van der Waals surface area (Å²) in [6.45, 7) is 4.82. The van der Waals surface area contributed by atoms with E-state index in [1.807, 2.05) is 60.5 Å². The minimum Gasteiger partial charge on any atom is -0.338 e. The number of carbonyl (C=O) groups excluding carboxylic acids is 2. The average molecular weight is 639 g/mol. The standard InChI is InChI=1S/C38H38N8O2/c1-38(37(48)42-30-9-10-32-31(22-30)35(44-43-32)29-11-17-39-33(21-29)27-5-6-27)14-20-45(24-38)23-34(47)46-18-12-26(13-19-46)25-3-7-28(8-4-25)36-40-15-2-16-41-36/h2-4,7-12,15-17,21-22,27H,5-6,13-14,18-20,23-24H2,1H3,(H,42,48)(H,43,44)/t38-/m1/s1. The molecule has 8 rings (SSSR count). The van der Waals surface area contributed by atoms with Crippen molar-refractivity contribution in [3.63, 3.8) is 0 Å². The molecule has 0 unspecified atom stereocenters. The van der Waals surface area contributed by atoms with Crippen molar-refractivity contribution in [1.29, 1.82) is 0 Å². The number of benzene rings is 2. The molecule has 0 spiro atoms. The first-order chi connectivity index (χ1) is 23.4. The van der Waals surface area contributed by atoms with E-state index in [0.29, 0.717) is 50.9 Å². The molecule has 5 heterocycles. The number of nitrogens with one attached hydrogen (secondary N) is 2. The van der Waals surface area contributed by atoms with Gasteiger partial charge in [0.25, 0.3) is 0 Å². The number of aromatic amines is 1. The number of nitrogens with zero attached hydrogens (tertiary/aromatic N) is 6. The summed E-state index contributed by atoms with van der Waals surface area (Å²) < 4.78 is 0. The predicted molar refractivity (Wildman–Crippen MR) is 186 cm³/mol. The van der Waals surface area contributed by atoms with Crippen molar-refractivity contribution in [2.45, 2.75) is 38.5 Å². The normalized spacial score (nSPS) is 19.8. The van der Waals surface area contributed by atoms with Crippen LogP contribution in [0.2, 0.25) is 0 Å². The maximum atomic E-state index is 13.6. The molecule has 2 aromatic carbocycles. The number of rotatable bonds is 8. The number of H-pyrrole nitrogens is 1. The molecule has 1 saturated heterocycles. The summed E-state index contributed by atoms with van der Waals surface area (Å²) in [5, 5.41) is 11.8. The van der Waals surface area contributed by atoms with Gasteiger partial charge in [0, 0.05) is 72.0 Å². The molecule has 2 aliphatic heterocycles. The summed E-state index contributed by atoms with van der Waals surface area (Å²) in [4.78, 5) is 44.2. The van der Waals surface area contributed by atoms with E-state index in [-0.39, 0.29) is 11.8 Å². The van der Waals surface area contributed by atoms with Gasteiger partial charge in [-0.05, 0) is 86.7 Å². The maximum Gasteiger partial charge on any atom is 0.237 e. The number of carbonyl (C=O) groups is 2. The van der Waals surface area contributed by atoms with Crippen LogP contribution >= 0.6 is 0 Å². The van der Waals surface area contributed by atoms with Crippen LogP contribution in [-0.2, 0) is 9.59 Å². The van der Waals surface area contributed by atoms with Gasteiger partial charge in [0.15, 0.2) is 5.82 Å². The van der Waals surface area contributed by atoms with Gasteiger partial charge < -0.3 is 10.2 Å². The first-order valence-electron chi connectivity index (χ1n) is 16.7. The quantitative estimate of drug-likeness (QED) is 0.216. The third-order valence-corrected chi connectivity index (χ3v) is 9.97. The van der Waals surface area contributed by atoms with Crippen molar-refractivity contribution in [3.8, 4) is 22.6 Å². The highest BCUT2D eigenvalue weighted by molar-refractivity contribution is 6.00. The molecule has 48 heavy (non-hydrogen) atoms. The molecule has 242 valence electrons. The van der Waals surface area contributed by atoms with Crippen LogP contribution in [0.1, 0.15) is 49.8 Å². The lowest BCUT2D eigenvalue weighted by atomic mass is 9.88. The molecular weight excluding hydrogens is 600 g/mol. The molecule has 2 fully saturated rings. The van der Waals surface area contributed by atoms with Gasteiger partial charge in [-0.3, -0.25) is 24.6 Å². The molecule has 2 amide bonds. The van der Waals surface area contributed by atoms with Crippen LogP contribution in [0.3, 0.4) is 0 Å². The van der Waals surface area contributed by atoms with E-state index < -0.39 is 5.41 Å². The maximum absolute atomic E-state index is 13.6. The van der Waals surface area contributed by atoms with Crippen molar-refractivity contribution < 1.29 is 9.59 Å². The second-order valence-corrected chi connectivity index (χ2v) is 13.5. The molecule has 3 aliphatic rings. The third kappa shape index (κ3) is 6.11. The van der Waals surface area contributed by atoms with Crippen LogP contribution in [0.4, 0.5) is 5.69 Å². The molecule has 5 aromatic rings. The lowest BCUT2D eigenvalue weighted by molar-refractivity contribution is -0.132. The van der Waals surface area contributed by atoms with Gasteiger partial charge in [-0.15, -0.1) is 0 Å². The number of hydrogen-bond acceptors (Lipinski definition) is 7. The summed E-state index contributed by atoms with van der Waals surface area (Å²) >= 11 is 0. The summed E-state index contributed by atoms with van der Waals surface area (Å²) in [5.74, 6) is 1.34. The fourth-order valence-electron chi connectivity index (χ4n) is 6.90. The largest absolute Gasteiger partial charge is 0.338 e. The van der Waals surface area contributed by atoms with Crippen molar-refractivity contribution >= 4 is 34.0 Å². The van der Waals surface area contributed by atoms with E-state index in [1.54, 1.807) is 12.4 Å². The molecule has 10 heteroatoms. The molecule has 0 bridgehead atoms. The molecule has 3 aromatic heterocycles. The molecule has 1 saturated carbocycles. The highest BCUT2D eigenvalue weighted by Crippen LogP contribution is 2.40. The van der Waals surface area contributed by atoms with Crippen LogP contribution in [0, 0.1) is 5.41 Å². The number of amides is 2. The van der Waals surface area contributed by atoms with E-state index in [9.17, 15) is 9.59 Å². The molecule has 2 N–H and O–H groups in total. The van der Waals surface area contributed by atoms with Crippen LogP contribution in [0.25, 0.3) is 39.1 Å². The molecule has 1 atom stereocenters. The number of fused-ring (bicyclic) bond motifs is 1. The molecular formula is C38H38N8O2. The third-order valence-electron chi connectivity index (χ3n) is 9.97. The van der Waals surface area contributed by atoms with E-state index in [0.717, 1.165) is 51.1 Å². The van der Waals surface area contributed by atoms with E-state index in [1.165, 1.54) is 18.4 Å². The Labute approximate surface area is 279 Å². The van der Waals surface area contributed by atoms with Gasteiger partial charge in [0.1, 0.15) is 5.69 Å². The Balaban J connectivity index is 0.870. The number of hydrogen-bond donors (Lipinski definition) is 2. The van der Waals surface area contributed by atoms with Gasteiger partial charge >= 0.3 is 0 Å². The first kappa shape index (κ1) is 30.1. The minimum absolute atomic E-state index is 0.0304. The number of pyridine rings is 1. The van der Waals surface area contributed by atoms with Gasteiger partial charge in [-0.25, -0.2) is 9.97 Å². The van der Waals surface area contributed by atoms with Gasteiger partial charge in [0.2, 0.25) is 11.8 Å². The smallest absolute Gasteiger partial charge is 0.237 e. The molecule has 0 radical (unpaired) electrons. The number of aromatic nitrogens is 5. The zero-order chi connectivity index (χ0) is 32.7. The lowest BCUT2D eigenvalue weighted by Gasteiger charge is -2.29. The first-order valence-corrected chi connectivity index (χ1v) is 16.7. The Morgan fingerprint density at radius 1 is 0.938 bits per heavy atom. The highest BCUT2D eigenvalue weighted by atomic mass is 16.2. The zero-order valence-corrected chi connectivity index (χ0v) is 27.0. The summed E-state index contributed by atoms with van der Waals surface area (Å²) in [7, 11) is 0. The number of anilines is 1. The van der Waals surface area contributed by atoms with Gasteiger partial charge in [-0.2, -0.15) is 5.10 Å². The molecule has 10 nitrogen and oxygen atoms in total. The van der Waals surface area contributed by atoms with Crippen LogP contribution in [0.5, 0.6) is 0 Å². The van der Waals surface area contributed by atoms with Crippen molar-refractivity contribution in [1.82, 2.24) is 34.9 Å². The topological polar surface area (TPSA) is 120 Å². The predicted octanol–water partition coefficient (Wildman–Crippen LogP) is 5.93. The Morgan fingerprint density at radius 2 is 1.75 bits per heavy atom. The fourth-order valence-corrected chi connectivity index (χ4v) is 6.90. The average Bonchev–Trinajstić information content (AvgIpc) is 3.79. The van der Waals surface area contributed by atoms with E-state index in [2.05, 4.69) is 59.6 Å². The summed E-state index contributed by atoms with van der Waals surface area (Å²) in [6.07, 6.45) is 11.4. The Kier molecular flexibility index (Phi) is 7.80. The Hall–Kier alpha value is -5.22. The lowest BCUT2D eigenvalue weighted by Crippen LogP contribution is -2.43. The Morgan fingerprint density at radius 3 is 2.52 bits per heavy atom. The van der Waals surface area contributed by atoms with Crippen LogP contribution in [0.15, 0.2) is 85.3 Å². The highest BCUT2D eigenvalue weighted by Gasteiger charge is 2.41. The minimum atomic E-state index is -0.593. The molecule has 1 aliphatic carbocycles. The fraction of sp³-hybridized carbons (Fsp3) is 0.316. The monoisotopic (exact) mass is 638 g/mol. The zero-order valence-electron chi connectivity index (χ0n) is 27.0. The SMILES string of the molecule is C[C@@]1(C(=O)Nc2ccc3[nH]nc(-c4ccnc(C5CC5)c4)c3c2)CCN(CC(=O)N2CC=C(c3ccc(-c4ncccn4)cc3)CC2)C1. The second-order valence-electron chi connectivity index (χ2n) is 13.5. The Bertz CT molecular complexity index is 2020. The van der Waals surface area contributed by atoms with Crippen molar-refractivity contribution in [3.05, 3.63) is 96.6 Å². The van der Waals surface area contributed by atoms with Crippen LogP contribution < -0.4 is 5.32 Å². The van der Waals surface area contributed by atoms with Crippen molar-refractivity contribution in [2.24, 2.45) is 5.41 Å². The van der Waals surface area contributed by atoms with E-state index in [4.69, 9.17) is 0 Å². The summed E-state index contributed by atoms with van der Waals surface area (Å²) in [5.41, 5.74) is 7.45. The van der Waals surface area contributed by atoms with Crippen molar-refractivity contribution in [2.75, 3.05) is 38.0 Å². The summed E-state index contributed by atoms with van der Waals surface area (Å²) in [6, 6.07) is 20.1. The van der Waals surface area contributed by atoms with E-state index >= 15 is 0 Å². The number of likely N-dealkylation sites (tertiary alicyclic amines) is 1. The van der Waals surface area contributed by atoms with Crippen LogP contribution in [-0.4, -0.2) is 79.5 Å².